The predicted octanol–water partition coefficient (Wildman–Crippen LogP) is 1.59. The van der Waals surface area contributed by atoms with Gasteiger partial charge >= 0.3 is 5.43 Å². The van der Waals surface area contributed by atoms with Gasteiger partial charge in [0.25, 0.3) is 0 Å². The fraction of sp³-hybridized carbons (Fsp3) is 0. The first-order chi connectivity index (χ1) is 5.59. The van der Waals surface area contributed by atoms with Gasteiger partial charge in [0.05, 0.1) is 5.69 Å². The van der Waals surface area contributed by atoms with Crippen LogP contribution in [0.3, 0.4) is 0 Å². The number of nitrogen functional groups attached to an aromatic ring is 2. The van der Waals surface area contributed by atoms with E-state index >= 15 is 0 Å². The second-order valence-corrected chi connectivity index (χ2v) is 2.45. The van der Waals surface area contributed by atoms with Gasteiger partial charge in [0.1, 0.15) is 0 Å². The summed E-state index contributed by atoms with van der Waals surface area (Å²) in [6, 6.07) is 4.56. The number of nitrogens with two attached hydrogens (primary N) is 2. The molecular formula is C7H7ClN2O2. The molecule has 0 atom stereocenters. The fourth-order valence-electron chi connectivity index (χ4n) is 0.726. The number of carbonyl (C=O) groups excluding carboxylic acids is 1. The van der Waals surface area contributed by atoms with Gasteiger partial charge in [0.15, 0.2) is 5.75 Å². The van der Waals surface area contributed by atoms with E-state index in [2.05, 4.69) is 4.74 Å². The second-order valence-electron chi connectivity index (χ2n) is 2.14. The Labute approximate surface area is 74.1 Å². The molecule has 64 valence electrons. The van der Waals surface area contributed by atoms with Crippen molar-refractivity contribution < 1.29 is 9.53 Å². The van der Waals surface area contributed by atoms with Crippen molar-refractivity contribution >= 4 is 28.4 Å². The lowest BCUT2D eigenvalue weighted by molar-refractivity contribution is 0.226. The minimum absolute atomic E-state index is 0.176. The number of carbonyl (C=O) groups is 1. The zero-order chi connectivity index (χ0) is 9.14. The highest BCUT2D eigenvalue weighted by Crippen LogP contribution is 2.24. The lowest BCUT2D eigenvalue weighted by Gasteiger charge is -2.03. The molecule has 0 aliphatic carbocycles. The third-order valence-electron chi connectivity index (χ3n) is 1.23. The molecule has 0 saturated heterocycles. The van der Waals surface area contributed by atoms with Crippen molar-refractivity contribution in [1.82, 2.24) is 0 Å². The Bertz CT molecular complexity index is 314. The topological polar surface area (TPSA) is 78.3 Å². The average Bonchev–Trinajstić information content (AvgIpc) is 1.96. The van der Waals surface area contributed by atoms with Gasteiger partial charge in [-0.05, 0) is 12.1 Å². The number of halogens is 1. The molecule has 1 aromatic rings. The normalized spacial score (nSPS) is 9.42. The summed E-state index contributed by atoms with van der Waals surface area (Å²) in [5, 5.41) is 0. The molecule has 0 spiro atoms. The molecule has 0 radical (unpaired) electrons. The van der Waals surface area contributed by atoms with Crippen molar-refractivity contribution in [3.05, 3.63) is 18.2 Å². The molecule has 0 unspecified atom stereocenters. The van der Waals surface area contributed by atoms with Crippen molar-refractivity contribution in [2.75, 3.05) is 11.5 Å². The van der Waals surface area contributed by atoms with E-state index in [1.165, 1.54) is 12.1 Å². The van der Waals surface area contributed by atoms with E-state index in [0.29, 0.717) is 11.4 Å². The number of benzene rings is 1. The summed E-state index contributed by atoms with van der Waals surface area (Å²) < 4.78 is 4.55. The molecule has 0 amide bonds. The van der Waals surface area contributed by atoms with E-state index in [1.54, 1.807) is 6.07 Å². The molecule has 0 heterocycles. The first kappa shape index (κ1) is 8.67. The maximum Gasteiger partial charge on any atom is 0.409 e. The van der Waals surface area contributed by atoms with Gasteiger partial charge in [-0.25, -0.2) is 4.79 Å². The van der Waals surface area contributed by atoms with Gasteiger partial charge in [-0.15, -0.1) is 0 Å². The molecular weight excluding hydrogens is 180 g/mol. The highest BCUT2D eigenvalue weighted by molar-refractivity contribution is 6.61. The van der Waals surface area contributed by atoms with Crippen LogP contribution < -0.4 is 16.2 Å². The predicted molar refractivity (Wildman–Crippen MR) is 47.1 cm³/mol. The average molecular weight is 187 g/mol. The van der Waals surface area contributed by atoms with Crippen LogP contribution in [0.1, 0.15) is 0 Å². The third kappa shape index (κ3) is 2.03. The molecule has 0 aliphatic heterocycles. The van der Waals surface area contributed by atoms with Gasteiger partial charge < -0.3 is 16.2 Å². The first-order valence-corrected chi connectivity index (χ1v) is 3.49. The van der Waals surface area contributed by atoms with E-state index in [0.717, 1.165) is 0 Å². The van der Waals surface area contributed by atoms with Crippen LogP contribution in [0.2, 0.25) is 0 Å². The standard InChI is InChI=1S/C7H7ClN2O2/c8-7(11)12-6-3-4(9)1-2-5(6)10/h1-3H,9-10H2. The maximum atomic E-state index is 10.3. The Balaban J connectivity index is 2.97. The van der Waals surface area contributed by atoms with Crippen molar-refractivity contribution in [3.8, 4) is 5.75 Å². The Kier molecular flexibility index (Phi) is 2.40. The number of hydrogen-bond donors (Lipinski definition) is 2. The highest BCUT2D eigenvalue weighted by atomic mass is 35.5. The quantitative estimate of drug-likeness (QED) is 0.516. The molecule has 0 aliphatic rings. The lowest BCUT2D eigenvalue weighted by Crippen LogP contribution is -2.00. The Hall–Kier alpha value is -1.42. The summed E-state index contributed by atoms with van der Waals surface area (Å²) in [6.45, 7) is 0. The Morgan fingerprint density at radius 3 is 2.67 bits per heavy atom. The van der Waals surface area contributed by atoms with E-state index in [1.807, 2.05) is 0 Å². The molecule has 0 bridgehead atoms. The van der Waals surface area contributed by atoms with Crippen molar-refractivity contribution in [2.24, 2.45) is 0 Å². The minimum atomic E-state index is -0.938. The maximum absolute atomic E-state index is 10.3. The van der Waals surface area contributed by atoms with Crippen LogP contribution in [-0.2, 0) is 0 Å². The number of hydrogen-bond acceptors (Lipinski definition) is 4. The smallest absolute Gasteiger partial charge is 0.409 e. The molecule has 1 rings (SSSR count). The molecule has 5 heteroatoms. The summed E-state index contributed by atoms with van der Waals surface area (Å²) in [5.41, 5.74) is 10.7. The van der Waals surface area contributed by atoms with Crippen LogP contribution in [0.15, 0.2) is 18.2 Å². The van der Waals surface area contributed by atoms with Gasteiger partial charge in [-0.1, -0.05) is 0 Å². The summed E-state index contributed by atoms with van der Waals surface area (Å²) in [5.74, 6) is 0.176. The highest BCUT2D eigenvalue weighted by Gasteiger charge is 2.04. The van der Waals surface area contributed by atoms with E-state index in [4.69, 9.17) is 23.1 Å². The Morgan fingerprint density at radius 1 is 1.42 bits per heavy atom. The van der Waals surface area contributed by atoms with E-state index in [-0.39, 0.29) is 5.75 Å². The fourth-order valence-corrected chi connectivity index (χ4v) is 0.809. The van der Waals surface area contributed by atoms with Crippen LogP contribution in [0.25, 0.3) is 0 Å². The summed E-state index contributed by atoms with van der Waals surface area (Å²) >= 11 is 4.98. The van der Waals surface area contributed by atoms with Crippen molar-refractivity contribution in [1.29, 1.82) is 0 Å². The minimum Gasteiger partial charge on any atom is -0.412 e. The van der Waals surface area contributed by atoms with Crippen LogP contribution in [0.5, 0.6) is 5.75 Å². The van der Waals surface area contributed by atoms with Crippen molar-refractivity contribution in [2.45, 2.75) is 0 Å². The summed E-state index contributed by atoms with van der Waals surface area (Å²) in [4.78, 5) is 10.3. The summed E-state index contributed by atoms with van der Waals surface area (Å²) in [6.07, 6.45) is 0. The SMILES string of the molecule is Nc1ccc(N)c(OC(=O)Cl)c1. The van der Waals surface area contributed by atoms with E-state index < -0.39 is 5.43 Å². The molecule has 12 heavy (non-hydrogen) atoms. The first-order valence-electron chi connectivity index (χ1n) is 3.12. The molecule has 0 aromatic heterocycles. The molecule has 0 saturated carbocycles. The van der Waals surface area contributed by atoms with Gasteiger partial charge in [-0.2, -0.15) is 0 Å². The second kappa shape index (κ2) is 3.32. The van der Waals surface area contributed by atoms with Crippen LogP contribution >= 0.6 is 11.6 Å². The van der Waals surface area contributed by atoms with E-state index in [9.17, 15) is 4.79 Å². The molecule has 4 N–H and O–H groups in total. The van der Waals surface area contributed by atoms with Crippen LogP contribution in [0.4, 0.5) is 16.2 Å². The van der Waals surface area contributed by atoms with Crippen LogP contribution in [-0.4, -0.2) is 5.43 Å². The molecule has 0 fully saturated rings. The summed E-state index contributed by atoms with van der Waals surface area (Å²) in [7, 11) is 0. The van der Waals surface area contributed by atoms with Crippen molar-refractivity contribution in [3.63, 3.8) is 0 Å². The zero-order valence-corrected chi connectivity index (χ0v) is 6.84. The number of anilines is 2. The number of rotatable bonds is 1. The lowest BCUT2D eigenvalue weighted by atomic mass is 10.3. The van der Waals surface area contributed by atoms with Gasteiger partial charge in [-0.3, -0.25) is 0 Å². The third-order valence-corrected chi connectivity index (χ3v) is 1.30. The molecule has 4 nitrogen and oxygen atoms in total. The largest absolute Gasteiger partial charge is 0.412 e. The van der Waals surface area contributed by atoms with Gasteiger partial charge in [0, 0.05) is 23.4 Å². The number of ether oxygens (including phenoxy) is 1. The molecule has 1 aromatic carbocycles. The van der Waals surface area contributed by atoms with Gasteiger partial charge in [0.2, 0.25) is 0 Å². The Morgan fingerprint density at radius 2 is 2.08 bits per heavy atom. The van der Waals surface area contributed by atoms with Crippen LogP contribution in [0, 0.1) is 0 Å². The zero-order valence-electron chi connectivity index (χ0n) is 6.08. The monoisotopic (exact) mass is 186 g/mol.